The lowest BCUT2D eigenvalue weighted by atomic mass is 9.88. The molecule has 0 saturated carbocycles. The Morgan fingerprint density at radius 3 is 2.64 bits per heavy atom. The third-order valence-corrected chi connectivity index (χ3v) is 4.30. The summed E-state index contributed by atoms with van der Waals surface area (Å²) in [5.41, 5.74) is 0. The van der Waals surface area contributed by atoms with Crippen molar-refractivity contribution in [3.05, 3.63) is 22.4 Å². The van der Waals surface area contributed by atoms with Crippen molar-refractivity contribution in [3.63, 3.8) is 0 Å². The molecule has 0 spiro atoms. The Labute approximate surface area is 87.3 Å². The monoisotopic (exact) mass is 234 g/mol. The summed E-state index contributed by atoms with van der Waals surface area (Å²) in [5, 5.41) is 18.9. The molecule has 2 N–H and O–H groups in total. The molecule has 1 aromatic heterocycles. The van der Waals surface area contributed by atoms with Crippen molar-refractivity contribution >= 4 is 28.3 Å². The Bertz CT molecular complexity index is 357. The second-order valence-corrected chi connectivity index (χ2v) is 6.16. The SMILES string of the molecule is O=S(=O)(CCB(O)O)Cc1cccs1. The molecule has 4 nitrogen and oxygen atoms in total. The van der Waals surface area contributed by atoms with Crippen LogP contribution in [0.3, 0.4) is 0 Å². The molecule has 0 bridgehead atoms. The first-order chi connectivity index (χ1) is 6.49. The van der Waals surface area contributed by atoms with Gasteiger partial charge in [0.1, 0.15) is 0 Å². The fraction of sp³-hybridized carbons (Fsp3) is 0.429. The minimum atomic E-state index is -3.21. The molecule has 0 fully saturated rings. The molecule has 0 aliphatic carbocycles. The van der Waals surface area contributed by atoms with Crippen LogP contribution in [0, 0.1) is 0 Å². The van der Waals surface area contributed by atoms with Crippen LogP contribution in [0.1, 0.15) is 4.88 Å². The first kappa shape index (κ1) is 11.7. The summed E-state index contributed by atoms with van der Waals surface area (Å²) >= 11 is 1.38. The predicted octanol–water partition coefficient (Wildman–Crippen LogP) is 0.136. The Balaban J connectivity index is 2.51. The van der Waals surface area contributed by atoms with Gasteiger partial charge in [0.2, 0.25) is 0 Å². The van der Waals surface area contributed by atoms with E-state index >= 15 is 0 Å². The van der Waals surface area contributed by atoms with Crippen molar-refractivity contribution in [1.29, 1.82) is 0 Å². The van der Waals surface area contributed by atoms with Crippen molar-refractivity contribution in [1.82, 2.24) is 0 Å². The van der Waals surface area contributed by atoms with E-state index in [0.717, 1.165) is 4.88 Å². The fourth-order valence-electron chi connectivity index (χ4n) is 0.969. The van der Waals surface area contributed by atoms with Crippen LogP contribution < -0.4 is 0 Å². The van der Waals surface area contributed by atoms with E-state index in [9.17, 15) is 8.42 Å². The van der Waals surface area contributed by atoms with Crippen LogP contribution in [-0.2, 0) is 15.6 Å². The van der Waals surface area contributed by atoms with E-state index < -0.39 is 17.0 Å². The molecule has 0 atom stereocenters. The van der Waals surface area contributed by atoms with Gasteiger partial charge in [0.15, 0.2) is 9.84 Å². The van der Waals surface area contributed by atoms with Crippen LogP contribution in [0.5, 0.6) is 0 Å². The van der Waals surface area contributed by atoms with Gasteiger partial charge in [-0.2, -0.15) is 0 Å². The average Bonchev–Trinajstić information content (AvgIpc) is 2.53. The normalized spacial score (nSPS) is 11.6. The first-order valence-electron chi connectivity index (χ1n) is 4.08. The van der Waals surface area contributed by atoms with Gasteiger partial charge < -0.3 is 10.0 Å². The quantitative estimate of drug-likeness (QED) is 0.710. The Hall–Kier alpha value is -0.365. The number of rotatable bonds is 5. The maximum absolute atomic E-state index is 11.4. The largest absolute Gasteiger partial charge is 0.452 e. The van der Waals surface area contributed by atoms with Crippen molar-refractivity contribution in [2.45, 2.75) is 12.1 Å². The van der Waals surface area contributed by atoms with Crippen LogP contribution in [0.2, 0.25) is 6.32 Å². The molecular weight excluding hydrogens is 223 g/mol. The molecule has 0 saturated heterocycles. The van der Waals surface area contributed by atoms with E-state index in [4.69, 9.17) is 10.0 Å². The summed E-state index contributed by atoms with van der Waals surface area (Å²) in [6, 6.07) is 3.54. The lowest BCUT2D eigenvalue weighted by Crippen LogP contribution is -2.18. The molecule has 0 radical (unpaired) electrons. The van der Waals surface area contributed by atoms with Crippen molar-refractivity contribution < 1.29 is 18.5 Å². The lowest BCUT2D eigenvalue weighted by molar-refractivity contribution is 0.408. The Kier molecular flexibility index (Phi) is 4.12. The third kappa shape index (κ3) is 4.23. The zero-order chi connectivity index (χ0) is 10.6. The van der Waals surface area contributed by atoms with Crippen molar-refractivity contribution in [2.75, 3.05) is 5.75 Å². The van der Waals surface area contributed by atoms with Crippen LogP contribution in [0.4, 0.5) is 0 Å². The van der Waals surface area contributed by atoms with Gasteiger partial charge in [-0.25, -0.2) is 8.42 Å². The van der Waals surface area contributed by atoms with Gasteiger partial charge in [-0.3, -0.25) is 0 Å². The maximum atomic E-state index is 11.4. The smallest absolute Gasteiger partial charge is 0.427 e. The lowest BCUT2D eigenvalue weighted by Gasteiger charge is -2.01. The first-order valence-corrected chi connectivity index (χ1v) is 6.79. The molecular formula is C7H11BO4S2. The highest BCUT2D eigenvalue weighted by Gasteiger charge is 2.16. The summed E-state index contributed by atoms with van der Waals surface area (Å²) in [5.74, 6) is -0.208. The van der Waals surface area contributed by atoms with Crippen molar-refractivity contribution in [2.24, 2.45) is 0 Å². The number of hydrogen-bond acceptors (Lipinski definition) is 5. The van der Waals surface area contributed by atoms with E-state index in [1.807, 2.05) is 5.38 Å². The molecule has 78 valence electrons. The van der Waals surface area contributed by atoms with Gasteiger partial charge >= 0.3 is 7.12 Å². The highest BCUT2D eigenvalue weighted by Crippen LogP contribution is 2.13. The second-order valence-electron chi connectivity index (χ2n) is 2.94. The molecule has 7 heteroatoms. The molecule has 1 rings (SSSR count). The summed E-state index contributed by atoms with van der Waals surface area (Å²) in [4.78, 5) is 0.775. The topological polar surface area (TPSA) is 74.6 Å². The van der Waals surface area contributed by atoms with Gasteiger partial charge in [-0.1, -0.05) is 6.07 Å². The summed E-state index contributed by atoms with van der Waals surface area (Å²) in [6.45, 7) is 0. The third-order valence-electron chi connectivity index (χ3n) is 1.63. The predicted molar refractivity (Wildman–Crippen MR) is 56.8 cm³/mol. The van der Waals surface area contributed by atoms with Crippen LogP contribution in [-0.4, -0.2) is 31.3 Å². The summed E-state index contributed by atoms with van der Waals surface area (Å²) in [6.07, 6.45) is -0.131. The van der Waals surface area contributed by atoms with Crippen LogP contribution in [0.25, 0.3) is 0 Å². The minimum Gasteiger partial charge on any atom is -0.427 e. The average molecular weight is 234 g/mol. The summed E-state index contributed by atoms with van der Waals surface area (Å²) < 4.78 is 22.8. The zero-order valence-electron chi connectivity index (χ0n) is 7.46. The van der Waals surface area contributed by atoms with Gasteiger partial charge in [0.25, 0.3) is 0 Å². The van der Waals surface area contributed by atoms with Crippen molar-refractivity contribution in [3.8, 4) is 0 Å². The second kappa shape index (κ2) is 4.93. The van der Waals surface area contributed by atoms with Gasteiger partial charge in [-0.05, 0) is 17.8 Å². The molecule has 1 heterocycles. The number of hydrogen-bond donors (Lipinski definition) is 2. The van der Waals surface area contributed by atoms with E-state index in [-0.39, 0.29) is 17.8 Å². The molecule has 0 unspecified atom stereocenters. The maximum Gasteiger partial charge on any atom is 0.452 e. The van der Waals surface area contributed by atoms with E-state index in [1.165, 1.54) is 11.3 Å². The Morgan fingerprint density at radius 1 is 1.43 bits per heavy atom. The summed E-state index contributed by atoms with van der Waals surface area (Å²) in [7, 11) is -4.76. The Morgan fingerprint density at radius 2 is 2.14 bits per heavy atom. The molecule has 0 aromatic carbocycles. The molecule has 0 aliphatic heterocycles. The molecule has 14 heavy (non-hydrogen) atoms. The fourth-order valence-corrected chi connectivity index (χ4v) is 3.51. The zero-order valence-corrected chi connectivity index (χ0v) is 9.09. The molecule has 0 aliphatic rings. The van der Waals surface area contributed by atoms with Crippen LogP contribution >= 0.6 is 11.3 Å². The minimum absolute atomic E-state index is 0.0165. The highest BCUT2D eigenvalue weighted by molar-refractivity contribution is 7.90. The van der Waals surface area contributed by atoms with E-state index in [0.29, 0.717) is 0 Å². The van der Waals surface area contributed by atoms with Gasteiger partial charge in [0, 0.05) is 10.6 Å². The number of thiophene rings is 1. The molecule has 1 aromatic rings. The van der Waals surface area contributed by atoms with Gasteiger partial charge in [0.05, 0.1) is 5.75 Å². The molecule has 0 amide bonds. The van der Waals surface area contributed by atoms with E-state index in [2.05, 4.69) is 0 Å². The standard InChI is InChI=1S/C7H11BO4S2/c9-8(10)3-5-14(11,12)6-7-2-1-4-13-7/h1-2,4,9-10H,3,5-6H2. The van der Waals surface area contributed by atoms with Gasteiger partial charge in [-0.15, -0.1) is 11.3 Å². The van der Waals surface area contributed by atoms with Crippen LogP contribution in [0.15, 0.2) is 17.5 Å². The number of sulfone groups is 1. The highest BCUT2D eigenvalue weighted by atomic mass is 32.2. The van der Waals surface area contributed by atoms with E-state index in [1.54, 1.807) is 12.1 Å².